The topological polar surface area (TPSA) is 52.8 Å². The van der Waals surface area contributed by atoms with Gasteiger partial charge in [-0.2, -0.15) is 0 Å². The Morgan fingerprint density at radius 1 is 1.15 bits per heavy atom. The van der Waals surface area contributed by atoms with E-state index in [1.54, 1.807) is 4.90 Å². The normalized spacial score (nSPS) is 27.5. The number of aromatic nitrogens is 1. The molecule has 3 aliphatic heterocycles. The van der Waals surface area contributed by atoms with Gasteiger partial charge in [-0.15, -0.1) is 0 Å². The van der Waals surface area contributed by atoms with E-state index in [4.69, 9.17) is 4.52 Å². The number of hydrogen-bond acceptors (Lipinski definition) is 4. The minimum Gasteiger partial charge on any atom is -0.360 e. The lowest BCUT2D eigenvalue weighted by Crippen LogP contribution is -2.45. The molecule has 1 aromatic rings. The Bertz CT molecular complexity index is 623. The van der Waals surface area contributed by atoms with Gasteiger partial charge in [0.1, 0.15) is 0 Å². The van der Waals surface area contributed by atoms with Crippen molar-refractivity contribution in [3.8, 4) is 0 Å². The van der Waals surface area contributed by atoms with Crippen LogP contribution in [0.2, 0.25) is 0 Å². The molecule has 2 amide bonds. The van der Waals surface area contributed by atoms with Crippen LogP contribution in [0.15, 0.2) is 10.6 Å². The number of rotatable bonds is 3. The Hall–Kier alpha value is -1.56. The second-order valence-corrected chi connectivity index (χ2v) is 8.66. The van der Waals surface area contributed by atoms with E-state index in [9.17, 15) is 4.79 Å². The molecule has 144 valence electrons. The fourth-order valence-corrected chi connectivity index (χ4v) is 5.01. The van der Waals surface area contributed by atoms with Crippen LogP contribution in [0.1, 0.15) is 62.3 Å². The first-order valence-electron chi connectivity index (χ1n) is 10.3. The van der Waals surface area contributed by atoms with Gasteiger partial charge >= 0.3 is 6.03 Å². The van der Waals surface area contributed by atoms with E-state index in [1.165, 1.54) is 44.9 Å². The van der Waals surface area contributed by atoms with Gasteiger partial charge in [0, 0.05) is 51.8 Å². The molecule has 4 heterocycles. The van der Waals surface area contributed by atoms with Crippen molar-refractivity contribution in [2.24, 2.45) is 5.92 Å². The molecular formula is C20H32N4O2. The van der Waals surface area contributed by atoms with Gasteiger partial charge < -0.3 is 14.3 Å². The smallest absolute Gasteiger partial charge is 0.319 e. The Kier molecular flexibility index (Phi) is 5.20. The van der Waals surface area contributed by atoms with Crippen molar-refractivity contribution in [2.45, 2.75) is 63.5 Å². The average molecular weight is 361 g/mol. The van der Waals surface area contributed by atoms with Gasteiger partial charge in [0.25, 0.3) is 0 Å². The standard InChI is InChI=1S/C20H32N4O2/c1-22(2)20(25)24-12-15-8-9-17(13-24)23(11-15)14-18-10-19(21-26-18)16-6-4-3-5-7-16/h10,15-17H,3-9,11-14H2,1-2H3/t15-,17-/m1/s1. The van der Waals surface area contributed by atoms with Crippen LogP contribution in [0.4, 0.5) is 4.79 Å². The summed E-state index contributed by atoms with van der Waals surface area (Å²) in [6.07, 6.45) is 8.90. The summed E-state index contributed by atoms with van der Waals surface area (Å²) >= 11 is 0. The molecule has 3 saturated heterocycles. The number of hydrogen-bond donors (Lipinski definition) is 0. The van der Waals surface area contributed by atoms with Crippen molar-refractivity contribution in [1.29, 1.82) is 0 Å². The van der Waals surface area contributed by atoms with Crippen molar-refractivity contribution in [2.75, 3.05) is 33.7 Å². The number of urea groups is 1. The van der Waals surface area contributed by atoms with Crippen LogP contribution in [0.25, 0.3) is 0 Å². The number of fused-ring (bicyclic) bond motifs is 4. The molecule has 26 heavy (non-hydrogen) atoms. The molecule has 4 fully saturated rings. The third-order valence-corrected chi connectivity index (χ3v) is 6.44. The van der Waals surface area contributed by atoms with Gasteiger partial charge in [0.15, 0.2) is 5.76 Å². The average Bonchev–Trinajstić information content (AvgIpc) is 2.92. The van der Waals surface area contributed by atoms with Gasteiger partial charge in [-0.05, 0) is 31.6 Å². The van der Waals surface area contributed by atoms with Gasteiger partial charge in [0.05, 0.1) is 12.2 Å². The highest BCUT2D eigenvalue weighted by Gasteiger charge is 2.37. The fourth-order valence-electron chi connectivity index (χ4n) is 5.01. The number of piperidine rings is 1. The molecule has 6 nitrogen and oxygen atoms in total. The molecule has 2 bridgehead atoms. The highest BCUT2D eigenvalue weighted by Crippen LogP contribution is 2.33. The Morgan fingerprint density at radius 3 is 2.73 bits per heavy atom. The van der Waals surface area contributed by atoms with Crippen molar-refractivity contribution in [1.82, 2.24) is 19.9 Å². The zero-order chi connectivity index (χ0) is 18.1. The maximum atomic E-state index is 12.4. The first-order valence-corrected chi connectivity index (χ1v) is 10.3. The van der Waals surface area contributed by atoms with Crippen LogP contribution in [-0.2, 0) is 6.54 Å². The fraction of sp³-hybridized carbons (Fsp3) is 0.800. The van der Waals surface area contributed by atoms with E-state index in [0.717, 1.165) is 37.6 Å². The van der Waals surface area contributed by atoms with Crippen LogP contribution in [-0.4, -0.2) is 65.7 Å². The molecule has 0 radical (unpaired) electrons. The molecule has 1 aromatic heterocycles. The Balaban J connectivity index is 1.41. The number of nitrogens with zero attached hydrogens (tertiary/aromatic N) is 4. The SMILES string of the molecule is CN(C)C(=O)N1C[C@@H]2CC[C@H](C1)N(Cc1cc(C3CCCCC3)no1)C2. The Morgan fingerprint density at radius 2 is 1.96 bits per heavy atom. The number of carbonyl (C=O) groups excluding carboxylic acids is 1. The minimum atomic E-state index is 0.142. The maximum Gasteiger partial charge on any atom is 0.319 e. The Labute approximate surface area is 156 Å². The van der Waals surface area contributed by atoms with Gasteiger partial charge in [-0.1, -0.05) is 24.4 Å². The van der Waals surface area contributed by atoms with E-state index in [0.29, 0.717) is 17.9 Å². The van der Waals surface area contributed by atoms with Crippen molar-refractivity contribution < 1.29 is 9.32 Å². The summed E-state index contributed by atoms with van der Waals surface area (Å²) in [7, 11) is 3.68. The lowest BCUT2D eigenvalue weighted by molar-refractivity contribution is 0.111. The third kappa shape index (κ3) is 3.75. The highest BCUT2D eigenvalue weighted by molar-refractivity contribution is 5.74. The minimum absolute atomic E-state index is 0.142. The molecule has 1 saturated carbocycles. The van der Waals surface area contributed by atoms with E-state index in [-0.39, 0.29) is 6.03 Å². The van der Waals surface area contributed by atoms with Gasteiger partial charge in [-0.3, -0.25) is 4.90 Å². The van der Waals surface area contributed by atoms with E-state index in [2.05, 4.69) is 16.1 Å². The van der Waals surface area contributed by atoms with Crippen LogP contribution >= 0.6 is 0 Å². The second-order valence-electron chi connectivity index (χ2n) is 8.66. The number of carbonyl (C=O) groups is 1. The number of amides is 2. The van der Waals surface area contributed by atoms with Gasteiger partial charge in [0.2, 0.25) is 0 Å². The molecule has 0 N–H and O–H groups in total. The van der Waals surface area contributed by atoms with E-state index in [1.807, 2.05) is 19.0 Å². The molecule has 5 rings (SSSR count). The molecular weight excluding hydrogens is 328 g/mol. The summed E-state index contributed by atoms with van der Waals surface area (Å²) in [5.74, 6) is 2.15. The monoisotopic (exact) mass is 360 g/mol. The molecule has 0 spiro atoms. The predicted molar refractivity (Wildman–Crippen MR) is 99.9 cm³/mol. The molecule has 0 unspecified atom stereocenters. The van der Waals surface area contributed by atoms with Crippen molar-refractivity contribution in [3.63, 3.8) is 0 Å². The third-order valence-electron chi connectivity index (χ3n) is 6.44. The molecule has 1 aliphatic carbocycles. The summed E-state index contributed by atoms with van der Waals surface area (Å²) in [5, 5.41) is 4.38. The molecule has 0 aromatic carbocycles. The lowest BCUT2D eigenvalue weighted by Gasteiger charge is -2.35. The van der Waals surface area contributed by atoms with Crippen molar-refractivity contribution in [3.05, 3.63) is 17.5 Å². The van der Waals surface area contributed by atoms with Crippen LogP contribution in [0.5, 0.6) is 0 Å². The van der Waals surface area contributed by atoms with Crippen molar-refractivity contribution >= 4 is 6.03 Å². The summed E-state index contributed by atoms with van der Waals surface area (Å²) in [6.45, 7) is 3.59. The largest absolute Gasteiger partial charge is 0.360 e. The summed E-state index contributed by atoms with van der Waals surface area (Å²) in [6, 6.07) is 2.76. The molecule has 2 atom stereocenters. The highest BCUT2D eigenvalue weighted by atomic mass is 16.5. The first-order chi connectivity index (χ1) is 12.6. The van der Waals surface area contributed by atoms with Gasteiger partial charge in [-0.25, -0.2) is 4.79 Å². The zero-order valence-corrected chi connectivity index (χ0v) is 16.2. The molecule has 6 heteroatoms. The summed E-state index contributed by atoms with van der Waals surface area (Å²) in [4.78, 5) is 18.7. The van der Waals surface area contributed by atoms with Crippen LogP contribution < -0.4 is 0 Å². The maximum absolute atomic E-state index is 12.4. The lowest BCUT2D eigenvalue weighted by atomic mass is 9.87. The first kappa shape index (κ1) is 17.8. The summed E-state index contributed by atoms with van der Waals surface area (Å²) in [5.41, 5.74) is 1.16. The van der Waals surface area contributed by atoms with E-state index >= 15 is 0 Å². The predicted octanol–water partition coefficient (Wildman–Crippen LogP) is 3.30. The van der Waals surface area contributed by atoms with E-state index < -0.39 is 0 Å². The quantitative estimate of drug-likeness (QED) is 0.830. The molecule has 4 aliphatic rings. The van der Waals surface area contributed by atoms with Crippen LogP contribution in [0, 0.1) is 5.92 Å². The summed E-state index contributed by atoms with van der Waals surface area (Å²) < 4.78 is 5.70. The second kappa shape index (κ2) is 7.59. The zero-order valence-electron chi connectivity index (χ0n) is 16.2. The van der Waals surface area contributed by atoms with Crippen LogP contribution in [0.3, 0.4) is 0 Å².